The average molecular weight is 304 g/mol. The molecule has 22 heavy (non-hydrogen) atoms. The molecule has 1 fully saturated rings. The van der Waals surface area contributed by atoms with E-state index in [0.717, 1.165) is 13.0 Å². The molecule has 6 heteroatoms. The summed E-state index contributed by atoms with van der Waals surface area (Å²) in [6, 6.07) is 7.47. The predicted molar refractivity (Wildman–Crippen MR) is 85.2 cm³/mol. The smallest absolute Gasteiger partial charge is 0.251 e. The first-order valence-corrected chi connectivity index (χ1v) is 7.53. The lowest BCUT2D eigenvalue weighted by atomic mass is 9.87. The molecule has 1 atom stereocenters. The van der Waals surface area contributed by atoms with Crippen LogP contribution in [-0.4, -0.2) is 31.1 Å². The second-order valence-electron chi connectivity index (χ2n) is 6.49. The van der Waals surface area contributed by atoms with Gasteiger partial charge >= 0.3 is 0 Å². The second kappa shape index (κ2) is 6.89. The molecule has 0 aromatic heterocycles. The Balaban J connectivity index is 1.82. The summed E-state index contributed by atoms with van der Waals surface area (Å²) in [6.45, 7) is 7.16. The van der Waals surface area contributed by atoms with Crippen molar-refractivity contribution in [3.63, 3.8) is 0 Å². The standard InChI is InChI=1S/C16H24N4O2/c1-16(2,3)12-6-4-11(5-7-12)15(22)17-10-14(21)19-13-8-9-18-20-13/h4-7,13,18,20H,8-10H2,1-3H3,(H,17,22)(H,19,21). The number of carbonyl (C=O) groups is 2. The van der Waals surface area contributed by atoms with Crippen LogP contribution in [0.3, 0.4) is 0 Å². The summed E-state index contributed by atoms with van der Waals surface area (Å²) >= 11 is 0. The van der Waals surface area contributed by atoms with Gasteiger partial charge in [0.25, 0.3) is 5.91 Å². The number of hydrogen-bond donors (Lipinski definition) is 4. The summed E-state index contributed by atoms with van der Waals surface area (Å²) in [5.41, 5.74) is 7.64. The molecule has 0 bridgehead atoms. The van der Waals surface area contributed by atoms with Gasteiger partial charge in [-0.05, 0) is 29.5 Å². The Morgan fingerprint density at radius 3 is 2.45 bits per heavy atom. The quantitative estimate of drug-likeness (QED) is 0.658. The fraction of sp³-hybridized carbons (Fsp3) is 0.500. The van der Waals surface area contributed by atoms with Crippen molar-refractivity contribution in [1.82, 2.24) is 21.5 Å². The van der Waals surface area contributed by atoms with Crippen molar-refractivity contribution in [3.05, 3.63) is 35.4 Å². The number of hydrazine groups is 1. The van der Waals surface area contributed by atoms with Crippen LogP contribution in [0.15, 0.2) is 24.3 Å². The van der Waals surface area contributed by atoms with E-state index >= 15 is 0 Å². The Kier molecular flexibility index (Phi) is 5.15. The lowest BCUT2D eigenvalue weighted by Crippen LogP contribution is -2.47. The minimum Gasteiger partial charge on any atom is -0.343 e. The van der Waals surface area contributed by atoms with Crippen LogP contribution in [0.5, 0.6) is 0 Å². The normalized spacial score (nSPS) is 18.0. The zero-order valence-corrected chi connectivity index (χ0v) is 13.3. The summed E-state index contributed by atoms with van der Waals surface area (Å²) < 4.78 is 0. The van der Waals surface area contributed by atoms with Gasteiger partial charge in [0.15, 0.2) is 0 Å². The van der Waals surface area contributed by atoms with E-state index in [2.05, 4.69) is 42.3 Å². The van der Waals surface area contributed by atoms with Gasteiger partial charge in [0.2, 0.25) is 5.91 Å². The van der Waals surface area contributed by atoms with Crippen LogP contribution in [0.1, 0.15) is 43.1 Å². The molecule has 0 radical (unpaired) electrons. The summed E-state index contributed by atoms with van der Waals surface area (Å²) in [5.74, 6) is -0.450. The molecule has 6 nitrogen and oxygen atoms in total. The maximum atomic E-state index is 12.0. The minimum absolute atomic E-state index is 0.0297. The highest BCUT2D eigenvalue weighted by atomic mass is 16.2. The first-order chi connectivity index (χ1) is 10.4. The van der Waals surface area contributed by atoms with Gasteiger partial charge in [-0.15, -0.1) is 0 Å². The maximum Gasteiger partial charge on any atom is 0.251 e. The van der Waals surface area contributed by atoms with Gasteiger partial charge in [-0.25, -0.2) is 5.43 Å². The number of amides is 2. The number of nitrogens with one attached hydrogen (secondary N) is 4. The van der Waals surface area contributed by atoms with Crippen molar-refractivity contribution >= 4 is 11.8 Å². The third kappa shape index (κ3) is 4.54. The van der Waals surface area contributed by atoms with E-state index in [1.807, 2.05) is 12.1 Å². The topological polar surface area (TPSA) is 82.3 Å². The predicted octanol–water partition coefficient (Wildman–Crippen LogP) is 0.654. The van der Waals surface area contributed by atoms with Gasteiger partial charge in [0.05, 0.1) is 12.7 Å². The lowest BCUT2D eigenvalue weighted by molar-refractivity contribution is -0.120. The van der Waals surface area contributed by atoms with Crippen LogP contribution < -0.4 is 21.5 Å². The van der Waals surface area contributed by atoms with Crippen LogP contribution in [0, 0.1) is 0 Å². The van der Waals surface area contributed by atoms with Gasteiger partial charge in [0, 0.05) is 12.1 Å². The second-order valence-corrected chi connectivity index (χ2v) is 6.49. The van der Waals surface area contributed by atoms with Crippen molar-refractivity contribution in [2.24, 2.45) is 0 Å². The Morgan fingerprint density at radius 2 is 1.91 bits per heavy atom. The van der Waals surface area contributed by atoms with E-state index in [-0.39, 0.29) is 29.9 Å². The van der Waals surface area contributed by atoms with E-state index in [4.69, 9.17) is 0 Å². The first kappa shape index (κ1) is 16.5. The summed E-state index contributed by atoms with van der Waals surface area (Å²) in [7, 11) is 0. The summed E-state index contributed by atoms with van der Waals surface area (Å²) in [4.78, 5) is 23.8. The Labute approximate surface area is 131 Å². The SMILES string of the molecule is CC(C)(C)c1ccc(C(=O)NCC(=O)NC2CCNN2)cc1. The third-order valence-corrected chi connectivity index (χ3v) is 3.59. The molecule has 1 heterocycles. The van der Waals surface area contributed by atoms with Crippen molar-refractivity contribution in [2.75, 3.05) is 13.1 Å². The number of benzene rings is 1. The highest BCUT2D eigenvalue weighted by Crippen LogP contribution is 2.22. The van der Waals surface area contributed by atoms with Gasteiger partial charge < -0.3 is 10.6 Å². The molecule has 1 aromatic rings. The molecule has 1 aliphatic rings. The molecular weight excluding hydrogens is 280 g/mol. The Hall–Kier alpha value is -1.92. The maximum absolute atomic E-state index is 12.0. The fourth-order valence-corrected chi connectivity index (χ4v) is 2.22. The third-order valence-electron chi connectivity index (χ3n) is 3.59. The highest BCUT2D eigenvalue weighted by molar-refractivity contribution is 5.96. The molecule has 120 valence electrons. The molecule has 2 amide bonds. The van der Waals surface area contributed by atoms with Gasteiger partial charge in [-0.1, -0.05) is 32.9 Å². The largest absolute Gasteiger partial charge is 0.343 e. The molecule has 0 aliphatic carbocycles. The molecule has 1 aromatic carbocycles. The van der Waals surface area contributed by atoms with Crippen LogP contribution in [0.25, 0.3) is 0 Å². The molecule has 1 saturated heterocycles. The molecule has 0 spiro atoms. The Bertz CT molecular complexity index is 528. The molecule has 2 rings (SSSR count). The molecule has 0 saturated carbocycles. The van der Waals surface area contributed by atoms with E-state index in [9.17, 15) is 9.59 Å². The number of carbonyl (C=O) groups excluding carboxylic acids is 2. The van der Waals surface area contributed by atoms with Crippen LogP contribution in [0.4, 0.5) is 0 Å². The molecule has 1 aliphatic heterocycles. The van der Waals surface area contributed by atoms with Crippen molar-refractivity contribution in [3.8, 4) is 0 Å². The van der Waals surface area contributed by atoms with E-state index in [1.165, 1.54) is 5.56 Å². The van der Waals surface area contributed by atoms with Crippen molar-refractivity contribution in [2.45, 2.75) is 38.8 Å². The lowest BCUT2D eigenvalue weighted by Gasteiger charge is -2.19. The summed E-state index contributed by atoms with van der Waals surface area (Å²) in [5, 5.41) is 5.42. The van der Waals surface area contributed by atoms with E-state index < -0.39 is 0 Å². The van der Waals surface area contributed by atoms with E-state index in [1.54, 1.807) is 12.1 Å². The molecule has 1 unspecified atom stereocenters. The fourth-order valence-electron chi connectivity index (χ4n) is 2.22. The van der Waals surface area contributed by atoms with Crippen LogP contribution in [0.2, 0.25) is 0 Å². The van der Waals surface area contributed by atoms with Crippen molar-refractivity contribution in [1.29, 1.82) is 0 Å². The van der Waals surface area contributed by atoms with Crippen molar-refractivity contribution < 1.29 is 9.59 Å². The number of hydrogen-bond acceptors (Lipinski definition) is 4. The molecular formula is C16H24N4O2. The highest BCUT2D eigenvalue weighted by Gasteiger charge is 2.17. The van der Waals surface area contributed by atoms with Gasteiger partial charge in [-0.3, -0.25) is 15.0 Å². The first-order valence-electron chi connectivity index (χ1n) is 7.53. The molecule has 4 N–H and O–H groups in total. The zero-order valence-electron chi connectivity index (χ0n) is 13.3. The van der Waals surface area contributed by atoms with Gasteiger partial charge in [0.1, 0.15) is 0 Å². The van der Waals surface area contributed by atoms with Crippen LogP contribution in [-0.2, 0) is 10.2 Å². The van der Waals surface area contributed by atoms with Gasteiger partial charge in [-0.2, -0.15) is 0 Å². The van der Waals surface area contributed by atoms with Crippen LogP contribution >= 0.6 is 0 Å². The number of rotatable bonds is 4. The average Bonchev–Trinajstić information content (AvgIpc) is 2.97. The minimum atomic E-state index is -0.242. The zero-order chi connectivity index (χ0) is 16.2. The Morgan fingerprint density at radius 1 is 1.23 bits per heavy atom. The van der Waals surface area contributed by atoms with E-state index in [0.29, 0.717) is 5.56 Å². The summed E-state index contributed by atoms with van der Waals surface area (Å²) in [6.07, 6.45) is 0.754. The monoisotopic (exact) mass is 304 g/mol.